The van der Waals surface area contributed by atoms with Crippen LogP contribution in [0.4, 0.5) is 0 Å². The zero-order valence-electron chi connectivity index (χ0n) is 14.6. The number of aryl methyl sites for hydroxylation is 1. The lowest BCUT2D eigenvalue weighted by Gasteiger charge is -2.47. The van der Waals surface area contributed by atoms with Gasteiger partial charge in [-0.2, -0.15) is 0 Å². The highest BCUT2D eigenvalue weighted by Crippen LogP contribution is 2.29. The first-order valence-electron chi connectivity index (χ1n) is 9.21. The lowest BCUT2D eigenvalue weighted by Crippen LogP contribution is -2.63. The molecule has 7 heteroatoms. The van der Waals surface area contributed by atoms with E-state index in [2.05, 4.69) is 26.6 Å². The van der Waals surface area contributed by atoms with Gasteiger partial charge in [-0.25, -0.2) is 0 Å². The number of hydrogen-bond acceptors (Lipinski definition) is 5. The topological polar surface area (TPSA) is 63.5 Å². The molecule has 1 aromatic heterocycles. The van der Waals surface area contributed by atoms with Crippen LogP contribution >= 0.6 is 0 Å². The number of carbonyl (C=O) groups excluding carboxylic acids is 1. The van der Waals surface area contributed by atoms with Crippen molar-refractivity contribution in [3.05, 3.63) is 11.6 Å². The van der Waals surface area contributed by atoms with Crippen molar-refractivity contribution in [2.24, 2.45) is 5.92 Å². The Hall–Kier alpha value is -1.47. The Morgan fingerprint density at radius 1 is 1.29 bits per heavy atom. The van der Waals surface area contributed by atoms with Crippen LogP contribution in [0.15, 0.2) is 0 Å². The van der Waals surface area contributed by atoms with E-state index < -0.39 is 0 Å². The first-order chi connectivity index (χ1) is 11.7. The van der Waals surface area contributed by atoms with E-state index in [9.17, 15) is 4.79 Å². The zero-order valence-corrected chi connectivity index (χ0v) is 14.6. The van der Waals surface area contributed by atoms with Gasteiger partial charge >= 0.3 is 0 Å². The second-order valence-electron chi connectivity index (χ2n) is 7.32. The fraction of sp³-hybridized carbons (Fsp3) is 0.824. The third-order valence-corrected chi connectivity index (χ3v) is 5.49. The van der Waals surface area contributed by atoms with Crippen molar-refractivity contribution in [2.45, 2.75) is 58.3 Å². The quantitative estimate of drug-likeness (QED) is 0.766. The van der Waals surface area contributed by atoms with Crippen molar-refractivity contribution in [3.63, 3.8) is 0 Å². The van der Waals surface area contributed by atoms with Crippen molar-refractivity contribution in [1.82, 2.24) is 24.6 Å². The lowest BCUT2D eigenvalue weighted by molar-refractivity contribution is -0.151. The van der Waals surface area contributed by atoms with E-state index in [1.807, 2.05) is 11.8 Å². The summed E-state index contributed by atoms with van der Waals surface area (Å²) >= 11 is 0. The van der Waals surface area contributed by atoms with E-state index in [0.717, 1.165) is 57.4 Å². The molecule has 1 saturated heterocycles. The van der Waals surface area contributed by atoms with Crippen LogP contribution in [0.25, 0.3) is 0 Å². The van der Waals surface area contributed by atoms with Crippen LogP contribution in [0.5, 0.6) is 0 Å². The number of hydrogen-bond donors (Lipinski definition) is 0. The Morgan fingerprint density at radius 3 is 2.79 bits per heavy atom. The fourth-order valence-corrected chi connectivity index (χ4v) is 3.57. The SMILES string of the molecule is CCc1nnc2n1CCN(C1CN(C(=O)[C@H](C)OCC3CC3)C1)C2. The van der Waals surface area contributed by atoms with E-state index in [1.165, 1.54) is 12.8 Å². The Balaban J connectivity index is 1.26. The molecule has 3 heterocycles. The molecular weight excluding hydrogens is 306 g/mol. The van der Waals surface area contributed by atoms with Gasteiger partial charge in [0.1, 0.15) is 17.8 Å². The van der Waals surface area contributed by atoms with Crippen molar-refractivity contribution in [2.75, 3.05) is 26.2 Å². The Morgan fingerprint density at radius 2 is 2.08 bits per heavy atom. The molecule has 2 fully saturated rings. The van der Waals surface area contributed by atoms with E-state index in [1.54, 1.807) is 0 Å². The Labute approximate surface area is 143 Å². The number of carbonyl (C=O) groups is 1. The van der Waals surface area contributed by atoms with Crippen LogP contribution < -0.4 is 0 Å². The number of nitrogens with zero attached hydrogens (tertiary/aromatic N) is 5. The van der Waals surface area contributed by atoms with Gasteiger partial charge in [-0.05, 0) is 25.7 Å². The maximum absolute atomic E-state index is 12.4. The molecule has 132 valence electrons. The Kier molecular flexibility index (Phi) is 4.30. The summed E-state index contributed by atoms with van der Waals surface area (Å²) in [6.07, 6.45) is 3.14. The van der Waals surface area contributed by atoms with Gasteiger partial charge in [0.2, 0.25) is 0 Å². The van der Waals surface area contributed by atoms with E-state index in [0.29, 0.717) is 12.0 Å². The summed E-state index contributed by atoms with van der Waals surface area (Å²) in [5.74, 6) is 2.98. The monoisotopic (exact) mass is 333 g/mol. The lowest BCUT2D eigenvalue weighted by atomic mass is 10.1. The van der Waals surface area contributed by atoms with Gasteiger partial charge in [0, 0.05) is 38.6 Å². The van der Waals surface area contributed by atoms with Crippen LogP contribution in [0.2, 0.25) is 0 Å². The molecular formula is C17H27N5O2. The predicted octanol–water partition coefficient (Wildman–Crippen LogP) is 0.682. The molecule has 0 radical (unpaired) electrons. The van der Waals surface area contributed by atoms with Gasteiger partial charge in [0.05, 0.1) is 13.2 Å². The molecule has 0 spiro atoms. The van der Waals surface area contributed by atoms with Crippen molar-refractivity contribution < 1.29 is 9.53 Å². The fourth-order valence-electron chi connectivity index (χ4n) is 3.57. The smallest absolute Gasteiger partial charge is 0.251 e. The summed E-state index contributed by atoms with van der Waals surface area (Å²) in [7, 11) is 0. The molecule has 2 aliphatic heterocycles. The third-order valence-electron chi connectivity index (χ3n) is 5.49. The van der Waals surface area contributed by atoms with Crippen LogP contribution in [-0.2, 0) is 29.0 Å². The highest BCUT2D eigenvalue weighted by molar-refractivity contribution is 5.81. The second kappa shape index (κ2) is 6.44. The predicted molar refractivity (Wildman–Crippen MR) is 88.3 cm³/mol. The molecule has 0 unspecified atom stereocenters. The highest BCUT2D eigenvalue weighted by Gasteiger charge is 2.38. The maximum atomic E-state index is 12.4. The minimum atomic E-state index is -0.303. The number of ether oxygens (including phenoxy) is 1. The number of fused-ring (bicyclic) bond motifs is 1. The molecule has 4 rings (SSSR count). The van der Waals surface area contributed by atoms with Crippen LogP contribution in [0.3, 0.4) is 0 Å². The highest BCUT2D eigenvalue weighted by atomic mass is 16.5. The number of amides is 1. The number of rotatable bonds is 6. The molecule has 0 bridgehead atoms. The first kappa shape index (κ1) is 16.0. The zero-order chi connectivity index (χ0) is 16.7. The summed E-state index contributed by atoms with van der Waals surface area (Å²) < 4.78 is 7.94. The molecule has 1 aliphatic carbocycles. The van der Waals surface area contributed by atoms with E-state index >= 15 is 0 Å². The summed E-state index contributed by atoms with van der Waals surface area (Å²) in [6, 6.07) is 0.445. The molecule has 1 amide bonds. The molecule has 1 saturated carbocycles. The average molecular weight is 333 g/mol. The maximum Gasteiger partial charge on any atom is 0.251 e. The standard InChI is InChI=1S/C17H27N5O2/c1-3-15-18-19-16-10-20(6-7-22(15)16)14-8-21(9-14)17(23)12(2)24-11-13-4-5-13/h12-14H,3-11H2,1-2H3/t12-/m0/s1. The molecule has 1 atom stereocenters. The molecule has 1 aromatic rings. The van der Waals surface area contributed by atoms with Gasteiger partial charge in [-0.15, -0.1) is 10.2 Å². The number of aromatic nitrogens is 3. The second-order valence-corrected chi connectivity index (χ2v) is 7.32. The van der Waals surface area contributed by atoms with Crippen molar-refractivity contribution in [3.8, 4) is 0 Å². The number of likely N-dealkylation sites (tertiary alicyclic amines) is 1. The van der Waals surface area contributed by atoms with Crippen molar-refractivity contribution in [1.29, 1.82) is 0 Å². The van der Waals surface area contributed by atoms with Crippen LogP contribution in [0.1, 0.15) is 38.3 Å². The molecule has 24 heavy (non-hydrogen) atoms. The third kappa shape index (κ3) is 3.07. The normalized spacial score (nSPS) is 23.0. The van der Waals surface area contributed by atoms with Gasteiger partial charge in [-0.3, -0.25) is 9.69 Å². The van der Waals surface area contributed by atoms with Crippen molar-refractivity contribution >= 4 is 5.91 Å². The van der Waals surface area contributed by atoms with Crippen LogP contribution in [-0.4, -0.2) is 68.9 Å². The van der Waals surface area contributed by atoms with Gasteiger partial charge in [0.25, 0.3) is 5.91 Å². The minimum absolute atomic E-state index is 0.139. The summed E-state index contributed by atoms with van der Waals surface area (Å²) in [5, 5.41) is 8.58. The minimum Gasteiger partial charge on any atom is -0.368 e. The van der Waals surface area contributed by atoms with E-state index in [-0.39, 0.29) is 12.0 Å². The van der Waals surface area contributed by atoms with Crippen LogP contribution in [0, 0.1) is 5.92 Å². The molecule has 3 aliphatic rings. The summed E-state index contributed by atoms with van der Waals surface area (Å²) in [6.45, 7) is 9.17. The Bertz CT molecular complexity index is 606. The summed E-state index contributed by atoms with van der Waals surface area (Å²) in [4.78, 5) is 16.7. The molecule has 7 nitrogen and oxygen atoms in total. The molecule has 0 N–H and O–H groups in total. The van der Waals surface area contributed by atoms with E-state index in [4.69, 9.17) is 4.74 Å². The molecule has 0 aromatic carbocycles. The van der Waals surface area contributed by atoms with Gasteiger partial charge in [0.15, 0.2) is 0 Å². The first-order valence-corrected chi connectivity index (χ1v) is 9.21. The summed E-state index contributed by atoms with van der Waals surface area (Å²) in [5.41, 5.74) is 0. The van der Waals surface area contributed by atoms with Gasteiger partial charge in [-0.1, -0.05) is 6.92 Å². The average Bonchev–Trinajstić information content (AvgIpc) is 3.29. The van der Waals surface area contributed by atoms with Gasteiger partial charge < -0.3 is 14.2 Å². The largest absolute Gasteiger partial charge is 0.368 e.